The highest BCUT2D eigenvalue weighted by Crippen LogP contribution is 2.59. The number of hydrogen-bond acceptors (Lipinski definition) is 2. The van der Waals surface area contributed by atoms with E-state index in [1.807, 2.05) is 0 Å². The van der Waals surface area contributed by atoms with Crippen molar-refractivity contribution < 1.29 is 13.2 Å². The highest BCUT2D eigenvalue weighted by Gasteiger charge is 2.64. The summed E-state index contributed by atoms with van der Waals surface area (Å²) in [5.74, 6) is 0.476. The van der Waals surface area contributed by atoms with E-state index in [9.17, 15) is 13.2 Å². The lowest BCUT2D eigenvalue weighted by atomic mass is 9.92. The molecule has 5 heteroatoms. The Bertz CT molecular complexity index is 303. The Kier molecular flexibility index (Phi) is 2.50. The van der Waals surface area contributed by atoms with Gasteiger partial charge < -0.3 is 10.6 Å². The molecule has 1 heterocycles. The van der Waals surface area contributed by atoms with E-state index in [0.717, 1.165) is 32.4 Å². The third kappa shape index (κ3) is 1.97. The van der Waals surface area contributed by atoms with Crippen molar-refractivity contribution in [2.45, 2.75) is 43.8 Å². The standard InChI is InChI=1S/C12H19F3N2/c13-12(14,15)11(1-2-11)17-8-9-7-10(9)3-5-16-6-4-10/h9,16-17H,1-8H2. The van der Waals surface area contributed by atoms with Crippen LogP contribution in [0.2, 0.25) is 0 Å². The average Bonchev–Trinajstić information content (AvgIpc) is 3.13. The largest absolute Gasteiger partial charge is 0.406 e. The Morgan fingerprint density at radius 2 is 1.76 bits per heavy atom. The molecule has 1 atom stereocenters. The molecule has 98 valence electrons. The maximum absolute atomic E-state index is 12.7. The third-order valence-electron chi connectivity index (χ3n) is 4.94. The molecule has 2 aliphatic carbocycles. The molecule has 0 aromatic heterocycles. The van der Waals surface area contributed by atoms with Crippen molar-refractivity contribution in [1.82, 2.24) is 10.6 Å². The number of nitrogens with one attached hydrogen (secondary N) is 2. The molecule has 3 fully saturated rings. The second-order valence-electron chi connectivity index (χ2n) is 5.97. The predicted molar refractivity (Wildman–Crippen MR) is 58.7 cm³/mol. The van der Waals surface area contributed by atoms with Gasteiger partial charge >= 0.3 is 6.18 Å². The van der Waals surface area contributed by atoms with Crippen molar-refractivity contribution >= 4 is 0 Å². The first-order chi connectivity index (χ1) is 7.98. The number of halogens is 3. The lowest BCUT2D eigenvalue weighted by Gasteiger charge is -2.25. The molecule has 1 spiro atoms. The molecule has 0 radical (unpaired) electrons. The summed E-state index contributed by atoms with van der Waals surface area (Å²) >= 11 is 0. The van der Waals surface area contributed by atoms with E-state index in [-0.39, 0.29) is 12.8 Å². The number of alkyl halides is 3. The highest BCUT2D eigenvalue weighted by atomic mass is 19.4. The van der Waals surface area contributed by atoms with Crippen LogP contribution in [0.4, 0.5) is 13.2 Å². The lowest BCUT2D eigenvalue weighted by Crippen LogP contribution is -2.46. The van der Waals surface area contributed by atoms with Crippen LogP contribution >= 0.6 is 0 Å². The van der Waals surface area contributed by atoms with Crippen molar-refractivity contribution in [2.75, 3.05) is 19.6 Å². The van der Waals surface area contributed by atoms with E-state index in [1.54, 1.807) is 0 Å². The van der Waals surface area contributed by atoms with Gasteiger partial charge in [0.1, 0.15) is 5.54 Å². The van der Waals surface area contributed by atoms with E-state index in [0.29, 0.717) is 17.9 Å². The van der Waals surface area contributed by atoms with Gasteiger partial charge in [-0.15, -0.1) is 0 Å². The maximum Gasteiger partial charge on any atom is 0.406 e. The molecule has 0 amide bonds. The van der Waals surface area contributed by atoms with Crippen LogP contribution in [0.15, 0.2) is 0 Å². The second kappa shape index (κ2) is 3.60. The summed E-state index contributed by atoms with van der Waals surface area (Å²) in [6, 6.07) is 0. The Balaban J connectivity index is 1.50. The van der Waals surface area contributed by atoms with Gasteiger partial charge in [0.15, 0.2) is 0 Å². The summed E-state index contributed by atoms with van der Waals surface area (Å²) in [6.45, 7) is 2.61. The van der Waals surface area contributed by atoms with E-state index in [4.69, 9.17) is 0 Å². The molecule has 2 saturated carbocycles. The normalized spacial score (nSPS) is 33.7. The topological polar surface area (TPSA) is 24.1 Å². The van der Waals surface area contributed by atoms with Crippen LogP contribution in [0.1, 0.15) is 32.1 Å². The Labute approximate surface area is 99.3 Å². The summed E-state index contributed by atoms with van der Waals surface area (Å²) in [5.41, 5.74) is -1.15. The quantitative estimate of drug-likeness (QED) is 0.799. The zero-order chi connectivity index (χ0) is 12.1. The fraction of sp³-hybridized carbons (Fsp3) is 1.00. The van der Waals surface area contributed by atoms with Gasteiger partial charge in [-0.2, -0.15) is 13.2 Å². The van der Waals surface area contributed by atoms with Gasteiger partial charge in [-0.1, -0.05) is 0 Å². The van der Waals surface area contributed by atoms with Gasteiger partial charge in [0.2, 0.25) is 0 Å². The molecular formula is C12H19F3N2. The zero-order valence-electron chi connectivity index (χ0n) is 9.87. The summed E-state index contributed by atoms with van der Waals surface area (Å²) in [5, 5.41) is 6.11. The van der Waals surface area contributed by atoms with Gasteiger partial charge in [0.25, 0.3) is 0 Å². The molecule has 1 aliphatic heterocycles. The first-order valence-electron chi connectivity index (χ1n) is 6.50. The Hall–Kier alpha value is -0.290. The van der Waals surface area contributed by atoms with Crippen LogP contribution in [0.5, 0.6) is 0 Å². The molecule has 0 aromatic carbocycles. The molecule has 1 unspecified atom stereocenters. The van der Waals surface area contributed by atoms with Gasteiger partial charge in [0.05, 0.1) is 0 Å². The highest BCUT2D eigenvalue weighted by molar-refractivity contribution is 5.11. The summed E-state index contributed by atoms with van der Waals surface area (Å²) in [7, 11) is 0. The summed E-state index contributed by atoms with van der Waals surface area (Å²) in [6.07, 6.45) is -0.148. The minimum absolute atomic E-state index is 0.262. The van der Waals surface area contributed by atoms with Gasteiger partial charge in [-0.3, -0.25) is 0 Å². The molecule has 1 saturated heterocycles. The van der Waals surface area contributed by atoms with Crippen LogP contribution in [0, 0.1) is 11.3 Å². The van der Waals surface area contributed by atoms with Crippen molar-refractivity contribution in [2.24, 2.45) is 11.3 Å². The van der Waals surface area contributed by atoms with Crippen molar-refractivity contribution in [1.29, 1.82) is 0 Å². The van der Waals surface area contributed by atoms with Crippen LogP contribution in [0.25, 0.3) is 0 Å². The minimum Gasteiger partial charge on any atom is -0.317 e. The fourth-order valence-corrected chi connectivity index (χ4v) is 3.26. The minimum atomic E-state index is -4.07. The zero-order valence-corrected chi connectivity index (χ0v) is 9.87. The Morgan fingerprint density at radius 1 is 1.12 bits per heavy atom. The molecule has 2 N–H and O–H groups in total. The average molecular weight is 248 g/mol. The fourth-order valence-electron chi connectivity index (χ4n) is 3.26. The first-order valence-corrected chi connectivity index (χ1v) is 6.50. The van der Waals surface area contributed by atoms with E-state index in [2.05, 4.69) is 10.6 Å². The van der Waals surface area contributed by atoms with Gasteiger partial charge in [0, 0.05) is 0 Å². The third-order valence-corrected chi connectivity index (χ3v) is 4.94. The molecule has 3 aliphatic rings. The molecule has 3 rings (SSSR count). The van der Waals surface area contributed by atoms with Crippen LogP contribution < -0.4 is 10.6 Å². The molecular weight excluding hydrogens is 229 g/mol. The molecule has 0 aromatic rings. The van der Waals surface area contributed by atoms with E-state index < -0.39 is 11.7 Å². The molecule has 2 nitrogen and oxygen atoms in total. The van der Waals surface area contributed by atoms with Crippen molar-refractivity contribution in [3.63, 3.8) is 0 Å². The smallest absolute Gasteiger partial charge is 0.317 e. The number of rotatable bonds is 3. The van der Waals surface area contributed by atoms with Crippen LogP contribution in [-0.2, 0) is 0 Å². The van der Waals surface area contributed by atoms with E-state index in [1.165, 1.54) is 0 Å². The monoisotopic (exact) mass is 248 g/mol. The number of piperidine rings is 1. The van der Waals surface area contributed by atoms with Crippen molar-refractivity contribution in [3.05, 3.63) is 0 Å². The maximum atomic E-state index is 12.7. The predicted octanol–water partition coefficient (Wildman–Crippen LogP) is 2.06. The molecule has 0 bridgehead atoms. The Morgan fingerprint density at radius 3 is 2.29 bits per heavy atom. The SMILES string of the molecule is FC(F)(F)C1(NCC2CC23CCNCC3)CC1. The van der Waals surface area contributed by atoms with Crippen LogP contribution in [0.3, 0.4) is 0 Å². The summed E-state index contributed by atoms with van der Waals surface area (Å²) < 4.78 is 38.2. The van der Waals surface area contributed by atoms with Crippen LogP contribution in [-0.4, -0.2) is 31.3 Å². The first kappa shape index (κ1) is 11.8. The van der Waals surface area contributed by atoms with Gasteiger partial charge in [-0.05, 0) is 63.1 Å². The van der Waals surface area contributed by atoms with Crippen molar-refractivity contribution in [3.8, 4) is 0 Å². The number of hydrogen-bond donors (Lipinski definition) is 2. The van der Waals surface area contributed by atoms with E-state index >= 15 is 0 Å². The second-order valence-corrected chi connectivity index (χ2v) is 5.97. The molecule has 17 heavy (non-hydrogen) atoms. The summed E-state index contributed by atoms with van der Waals surface area (Å²) in [4.78, 5) is 0. The lowest BCUT2D eigenvalue weighted by molar-refractivity contribution is -0.166. The van der Waals surface area contributed by atoms with Gasteiger partial charge in [-0.25, -0.2) is 0 Å².